The lowest BCUT2D eigenvalue weighted by Crippen LogP contribution is -2.01. The quantitative estimate of drug-likeness (QED) is 0.575. The van der Waals surface area contributed by atoms with Crippen LogP contribution in [-0.4, -0.2) is 10.1 Å². The van der Waals surface area contributed by atoms with E-state index in [0.717, 1.165) is 22.7 Å². The summed E-state index contributed by atoms with van der Waals surface area (Å²) in [6.07, 6.45) is 0. The first-order chi connectivity index (χ1) is 12.1. The first kappa shape index (κ1) is 15.2. The number of rotatable bonds is 3. The van der Waals surface area contributed by atoms with Crippen molar-refractivity contribution in [3.05, 3.63) is 76.3 Å². The molecule has 5 heteroatoms. The van der Waals surface area contributed by atoms with Crippen LogP contribution >= 0.6 is 0 Å². The number of fused-ring (bicyclic) bond motifs is 2. The van der Waals surface area contributed by atoms with Crippen LogP contribution in [0.3, 0.4) is 0 Å². The number of aromatic hydroxyl groups is 1. The molecule has 5 nitrogen and oxygen atoms in total. The molecule has 2 aromatic carbocycles. The van der Waals surface area contributed by atoms with Gasteiger partial charge < -0.3 is 14.3 Å². The van der Waals surface area contributed by atoms with Crippen molar-refractivity contribution in [3.8, 4) is 11.5 Å². The smallest absolute Gasteiger partial charge is 0.339 e. The van der Waals surface area contributed by atoms with Crippen molar-refractivity contribution >= 4 is 21.9 Å². The summed E-state index contributed by atoms with van der Waals surface area (Å²) < 4.78 is 11.1. The van der Waals surface area contributed by atoms with Crippen LogP contribution in [-0.2, 0) is 6.61 Å². The summed E-state index contributed by atoms with van der Waals surface area (Å²) in [7, 11) is 0. The van der Waals surface area contributed by atoms with Crippen LogP contribution < -0.4 is 10.4 Å². The lowest BCUT2D eigenvalue weighted by atomic mass is 10.1. The predicted octanol–water partition coefficient (Wildman–Crippen LogP) is 3.93. The van der Waals surface area contributed by atoms with E-state index in [0.29, 0.717) is 28.9 Å². The minimum absolute atomic E-state index is 0.0999. The summed E-state index contributed by atoms with van der Waals surface area (Å²) >= 11 is 0. The fourth-order valence-electron chi connectivity index (χ4n) is 2.82. The molecule has 2 aromatic heterocycles. The third-order valence-electron chi connectivity index (χ3n) is 4.12. The van der Waals surface area contributed by atoms with Crippen molar-refractivity contribution in [2.24, 2.45) is 0 Å². The molecule has 0 amide bonds. The molecule has 0 radical (unpaired) electrons. The normalized spacial score (nSPS) is 11.1. The fraction of sp³-hybridized carbons (Fsp3) is 0.100. The molecule has 25 heavy (non-hydrogen) atoms. The standard InChI is InChI=1S/C20H15NO4/c1-12-18(9-8-15-17(22)10-19(23)25-20(12)15)24-11-14-7-6-13-4-2-3-5-16(13)21-14/h2-10,22H,11H2,1H3. The van der Waals surface area contributed by atoms with Gasteiger partial charge >= 0.3 is 5.63 Å². The van der Waals surface area contributed by atoms with Gasteiger partial charge in [0.15, 0.2) is 0 Å². The minimum Gasteiger partial charge on any atom is -0.507 e. The molecule has 0 bridgehead atoms. The van der Waals surface area contributed by atoms with Crippen LogP contribution in [0.4, 0.5) is 0 Å². The van der Waals surface area contributed by atoms with Gasteiger partial charge in [0.25, 0.3) is 0 Å². The molecule has 4 rings (SSSR count). The fourth-order valence-corrected chi connectivity index (χ4v) is 2.82. The second-order valence-corrected chi connectivity index (χ2v) is 5.80. The van der Waals surface area contributed by atoms with E-state index in [1.54, 1.807) is 19.1 Å². The first-order valence-electron chi connectivity index (χ1n) is 7.86. The van der Waals surface area contributed by atoms with Gasteiger partial charge in [-0.3, -0.25) is 0 Å². The Morgan fingerprint density at radius 2 is 1.96 bits per heavy atom. The van der Waals surface area contributed by atoms with Gasteiger partial charge in [-0.15, -0.1) is 0 Å². The summed E-state index contributed by atoms with van der Waals surface area (Å²) in [4.78, 5) is 16.1. The van der Waals surface area contributed by atoms with Crippen molar-refractivity contribution in [1.82, 2.24) is 4.98 Å². The Balaban J connectivity index is 1.66. The number of hydrogen-bond acceptors (Lipinski definition) is 5. The summed E-state index contributed by atoms with van der Waals surface area (Å²) in [5.41, 5.74) is 2.10. The maximum atomic E-state index is 11.5. The molecule has 0 saturated carbocycles. The number of pyridine rings is 1. The van der Waals surface area contributed by atoms with Gasteiger partial charge in [-0.2, -0.15) is 0 Å². The monoisotopic (exact) mass is 333 g/mol. The second kappa shape index (κ2) is 5.94. The average molecular weight is 333 g/mol. The maximum Gasteiger partial charge on any atom is 0.339 e. The third-order valence-corrected chi connectivity index (χ3v) is 4.12. The molecule has 0 unspecified atom stereocenters. The van der Waals surface area contributed by atoms with E-state index in [4.69, 9.17) is 9.15 Å². The molecule has 0 aliphatic carbocycles. The molecular formula is C20H15NO4. The van der Waals surface area contributed by atoms with Gasteiger partial charge in [-0.1, -0.05) is 24.3 Å². The summed E-state index contributed by atoms with van der Waals surface area (Å²) in [6, 6.07) is 16.3. The Labute approximate surface area is 143 Å². The van der Waals surface area contributed by atoms with Gasteiger partial charge in [-0.25, -0.2) is 9.78 Å². The highest BCUT2D eigenvalue weighted by molar-refractivity contribution is 5.87. The van der Waals surface area contributed by atoms with Crippen molar-refractivity contribution < 1.29 is 14.3 Å². The molecule has 0 aliphatic rings. The zero-order valence-corrected chi connectivity index (χ0v) is 13.5. The highest BCUT2D eigenvalue weighted by Crippen LogP contribution is 2.31. The van der Waals surface area contributed by atoms with E-state index in [1.807, 2.05) is 36.4 Å². The van der Waals surface area contributed by atoms with E-state index < -0.39 is 5.63 Å². The first-order valence-corrected chi connectivity index (χ1v) is 7.86. The Bertz CT molecular complexity index is 1150. The van der Waals surface area contributed by atoms with Crippen molar-refractivity contribution in [3.63, 3.8) is 0 Å². The minimum atomic E-state index is -0.596. The lowest BCUT2D eigenvalue weighted by Gasteiger charge is -2.11. The number of nitrogens with zero attached hydrogens (tertiary/aromatic N) is 1. The van der Waals surface area contributed by atoms with Gasteiger partial charge in [-0.05, 0) is 31.2 Å². The van der Waals surface area contributed by atoms with Crippen molar-refractivity contribution in [2.45, 2.75) is 13.5 Å². The summed E-state index contributed by atoms with van der Waals surface area (Å²) in [6.45, 7) is 2.08. The Kier molecular flexibility index (Phi) is 3.61. The van der Waals surface area contributed by atoms with E-state index in [9.17, 15) is 9.90 Å². The van der Waals surface area contributed by atoms with Gasteiger partial charge in [0.2, 0.25) is 0 Å². The number of aryl methyl sites for hydroxylation is 1. The van der Waals surface area contributed by atoms with Gasteiger partial charge in [0.1, 0.15) is 23.7 Å². The molecule has 124 valence electrons. The molecular weight excluding hydrogens is 318 g/mol. The number of benzene rings is 2. The van der Waals surface area contributed by atoms with Crippen molar-refractivity contribution in [2.75, 3.05) is 0 Å². The molecule has 2 heterocycles. The maximum absolute atomic E-state index is 11.5. The molecule has 0 fully saturated rings. The van der Waals surface area contributed by atoms with Gasteiger partial charge in [0, 0.05) is 10.9 Å². The zero-order chi connectivity index (χ0) is 17.4. The largest absolute Gasteiger partial charge is 0.507 e. The topological polar surface area (TPSA) is 72.6 Å². The van der Waals surface area contributed by atoms with Crippen molar-refractivity contribution in [1.29, 1.82) is 0 Å². The van der Waals surface area contributed by atoms with Gasteiger partial charge in [0.05, 0.1) is 22.7 Å². The lowest BCUT2D eigenvalue weighted by molar-refractivity contribution is 0.299. The van der Waals surface area contributed by atoms with E-state index in [-0.39, 0.29) is 5.75 Å². The highest BCUT2D eigenvalue weighted by Gasteiger charge is 2.11. The zero-order valence-electron chi connectivity index (χ0n) is 13.5. The van der Waals surface area contributed by atoms with Crippen LogP contribution in [0.25, 0.3) is 21.9 Å². The van der Waals surface area contributed by atoms with Crippen LogP contribution in [0.5, 0.6) is 11.5 Å². The van der Waals surface area contributed by atoms with E-state index >= 15 is 0 Å². The van der Waals surface area contributed by atoms with Crippen LogP contribution in [0.15, 0.2) is 63.8 Å². The Morgan fingerprint density at radius 1 is 1.12 bits per heavy atom. The number of ether oxygens (including phenoxy) is 1. The number of para-hydroxylation sites is 1. The molecule has 0 spiro atoms. The van der Waals surface area contributed by atoms with Crippen LogP contribution in [0.2, 0.25) is 0 Å². The molecule has 0 saturated heterocycles. The second-order valence-electron chi connectivity index (χ2n) is 5.80. The van der Waals surface area contributed by atoms with E-state index in [1.165, 1.54) is 0 Å². The number of hydrogen-bond donors (Lipinski definition) is 1. The SMILES string of the molecule is Cc1c(OCc2ccc3ccccc3n2)ccc2c(O)cc(=O)oc12. The third kappa shape index (κ3) is 2.80. The average Bonchev–Trinajstić information content (AvgIpc) is 2.61. The number of aromatic nitrogens is 1. The molecule has 0 aliphatic heterocycles. The highest BCUT2D eigenvalue weighted by atomic mass is 16.5. The van der Waals surface area contributed by atoms with E-state index in [2.05, 4.69) is 4.98 Å². The summed E-state index contributed by atoms with van der Waals surface area (Å²) in [5.74, 6) is 0.480. The van der Waals surface area contributed by atoms with Crippen LogP contribution in [0, 0.1) is 6.92 Å². The predicted molar refractivity (Wildman–Crippen MR) is 95.0 cm³/mol. The summed E-state index contributed by atoms with van der Waals surface area (Å²) in [5, 5.41) is 11.4. The molecule has 1 N–H and O–H groups in total. The van der Waals surface area contributed by atoms with Crippen LogP contribution in [0.1, 0.15) is 11.3 Å². The molecule has 0 atom stereocenters. The Morgan fingerprint density at radius 3 is 2.84 bits per heavy atom. The molecule has 4 aromatic rings. The Hall–Kier alpha value is -3.34.